The summed E-state index contributed by atoms with van der Waals surface area (Å²) in [6.07, 6.45) is -6.62. The summed E-state index contributed by atoms with van der Waals surface area (Å²) in [7, 11) is 1.69. The molecular weight excluding hydrogens is 1500 g/mol. The Labute approximate surface area is 647 Å². The van der Waals surface area contributed by atoms with Gasteiger partial charge in [-0.2, -0.15) is 0 Å². The minimum atomic E-state index is -2.80. The van der Waals surface area contributed by atoms with E-state index in [0.717, 1.165) is 60.6 Å². The number of nitrogens with one attached hydrogen (secondary N) is 13. The second-order valence-electron chi connectivity index (χ2n) is 27.3. The van der Waals surface area contributed by atoms with E-state index in [1.165, 1.54) is 13.8 Å². The number of H-pyrrole nitrogens is 1. The van der Waals surface area contributed by atoms with Crippen molar-refractivity contribution >= 4 is 129 Å². The summed E-state index contributed by atoms with van der Waals surface area (Å²) in [5.74, 6) is -29.0. The number of carbonyl (C=O) groups is 20. The van der Waals surface area contributed by atoms with Crippen molar-refractivity contribution in [3.05, 3.63) is 36.0 Å². The topological polar surface area (TPSA) is 676 Å². The summed E-state index contributed by atoms with van der Waals surface area (Å²) in [5, 5.41) is 77.3. The lowest BCUT2D eigenvalue weighted by atomic mass is 9.98. The molecule has 22 N–H and O–H groups in total. The van der Waals surface area contributed by atoms with E-state index in [2.05, 4.69) is 61.4 Å². The normalized spacial score (nSPS) is 22.4. The van der Waals surface area contributed by atoms with Gasteiger partial charge in [0.1, 0.15) is 72.6 Å². The van der Waals surface area contributed by atoms with Crippen LogP contribution in [0.2, 0.25) is 0 Å². The first kappa shape index (κ1) is 95.3. The van der Waals surface area contributed by atoms with Crippen LogP contribution in [0.4, 0.5) is 0 Å². The highest BCUT2D eigenvalue weighted by molar-refractivity contribution is 6.02. The number of benzene rings is 1. The lowest BCUT2D eigenvalue weighted by molar-refractivity contribution is -0.159. The van der Waals surface area contributed by atoms with Crippen molar-refractivity contribution in [3.8, 4) is 0 Å². The van der Waals surface area contributed by atoms with Gasteiger partial charge in [0.2, 0.25) is 88.6 Å². The highest BCUT2D eigenvalue weighted by Gasteiger charge is 2.43. The maximum Gasteiger partial charge on any atom is 0.335 e. The van der Waals surface area contributed by atoms with Crippen LogP contribution in [0.3, 0.4) is 0 Å². The lowest BCUT2D eigenvalue weighted by Crippen LogP contribution is -2.64. The maximum atomic E-state index is 14.9. The molecule has 2 heterocycles. The van der Waals surface area contributed by atoms with Crippen molar-refractivity contribution < 1.29 is 131 Å². The average molecular weight is 1600 g/mol. The number of aromatic nitrogens is 1. The summed E-state index contributed by atoms with van der Waals surface area (Å²) in [6, 6.07) is -15.6. The number of nitrogens with zero attached hydrogens (tertiary/aromatic N) is 1. The van der Waals surface area contributed by atoms with Crippen LogP contribution in [-0.2, 0) is 112 Å². The third-order valence-electron chi connectivity index (χ3n) is 18.3. The number of nitrogens with two attached hydrogens (primary N) is 2. The Morgan fingerprint density at radius 1 is 0.619 bits per heavy atom. The average Bonchev–Trinajstić information content (AvgIpc) is 1.80. The van der Waals surface area contributed by atoms with E-state index in [0.29, 0.717) is 40.1 Å². The highest BCUT2D eigenvalue weighted by atomic mass is 16.5. The number of aromatic amines is 1. The number of unbranched alkanes of at least 4 members (excludes halogenated alkanes) is 3. The Kier molecular flexibility index (Phi) is 39.4. The zero-order valence-corrected chi connectivity index (χ0v) is 64.0. The van der Waals surface area contributed by atoms with E-state index in [-0.39, 0.29) is 19.3 Å². The summed E-state index contributed by atoms with van der Waals surface area (Å²) in [6.45, 7) is 7.62. The molecule has 0 radical (unpaired) electrons. The van der Waals surface area contributed by atoms with Gasteiger partial charge in [-0.15, -0.1) is 0 Å². The van der Waals surface area contributed by atoms with E-state index in [9.17, 15) is 121 Å². The molecule has 0 saturated carbocycles. The van der Waals surface area contributed by atoms with Gasteiger partial charge in [-0.25, -0.2) is 9.59 Å². The van der Waals surface area contributed by atoms with Gasteiger partial charge in [0.25, 0.3) is 0 Å². The molecule has 16 atom stereocenters. The number of likely N-dealkylation sites (N-methyl/N-ethyl adjacent to an activating group) is 1. The van der Waals surface area contributed by atoms with E-state index < -0.39 is 261 Å². The highest BCUT2D eigenvalue weighted by Crippen LogP contribution is 2.21. The van der Waals surface area contributed by atoms with Crippen LogP contribution in [0.15, 0.2) is 30.5 Å². The van der Waals surface area contributed by atoms with E-state index in [4.69, 9.17) is 20.9 Å². The first-order valence-corrected chi connectivity index (χ1v) is 36.3. The Balaban J connectivity index is 2.24. The number of aliphatic hydroxyl groups excluding tert-OH is 1. The van der Waals surface area contributed by atoms with Crippen LogP contribution in [0.1, 0.15) is 144 Å². The third-order valence-corrected chi connectivity index (χ3v) is 18.3. The number of para-hydroxylation sites is 1. The molecule has 113 heavy (non-hydrogen) atoms. The lowest BCUT2D eigenvalue weighted by Gasteiger charge is -2.32. The molecule has 1 aromatic heterocycles. The number of carbonyl (C=O) groups excluding carboxylic acids is 16. The molecule has 1 aliphatic rings. The first-order chi connectivity index (χ1) is 53.0. The number of methoxy groups -OCH3 is 1. The molecule has 1 aromatic carbocycles. The Hall–Kier alpha value is -11.9. The molecule has 0 spiro atoms. The van der Waals surface area contributed by atoms with Crippen LogP contribution in [0.25, 0.3) is 10.9 Å². The molecule has 15 amide bonds. The fourth-order valence-corrected chi connectivity index (χ4v) is 11.3. The number of esters is 1. The number of aliphatic carboxylic acids is 4. The van der Waals surface area contributed by atoms with E-state index >= 15 is 0 Å². The monoisotopic (exact) mass is 1600 g/mol. The van der Waals surface area contributed by atoms with Crippen molar-refractivity contribution in [1.82, 2.24) is 73.7 Å². The molecule has 626 valence electrons. The molecule has 1 saturated heterocycles. The minimum absolute atomic E-state index is 0.0242. The van der Waals surface area contributed by atoms with Gasteiger partial charge in [-0.3, -0.25) is 86.3 Å². The van der Waals surface area contributed by atoms with Crippen molar-refractivity contribution in [2.24, 2.45) is 23.3 Å². The second kappa shape index (κ2) is 46.7. The van der Waals surface area contributed by atoms with Crippen LogP contribution >= 0.6 is 0 Å². The number of fused-ring (bicyclic) bond motifs is 1. The van der Waals surface area contributed by atoms with Gasteiger partial charge in [0.05, 0.1) is 25.9 Å². The summed E-state index contributed by atoms with van der Waals surface area (Å²) in [5.41, 5.74) is 12.1. The van der Waals surface area contributed by atoms with Gasteiger partial charge >= 0.3 is 29.8 Å². The first-order valence-electron chi connectivity index (χ1n) is 36.3. The molecule has 3 rings (SSSR count). The molecule has 0 aliphatic carbocycles. The molecular formula is C70H104N16O27. The van der Waals surface area contributed by atoms with Gasteiger partial charge in [-0.1, -0.05) is 84.4 Å². The number of cyclic esters (lactones) is 1. The maximum absolute atomic E-state index is 14.9. The Morgan fingerprint density at radius 3 is 1.81 bits per heavy atom. The zero-order chi connectivity index (χ0) is 85.3. The summed E-state index contributed by atoms with van der Waals surface area (Å²) >= 11 is 0. The number of hydrogen-bond acceptors (Lipinski definition) is 23. The zero-order valence-electron chi connectivity index (χ0n) is 64.0. The molecule has 16 unspecified atom stereocenters. The summed E-state index contributed by atoms with van der Waals surface area (Å²) in [4.78, 5) is 275. The number of ether oxygens (including phenoxy) is 2. The summed E-state index contributed by atoms with van der Waals surface area (Å²) < 4.78 is 10.6. The molecule has 0 bridgehead atoms. The predicted octanol–water partition coefficient (Wildman–Crippen LogP) is -5.94. The van der Waals surface area contributed by atoms with Crippen molar-refractivity contribution in [3.63, 3.8) is 0 Å². The number of rotatable bonds is 34. The fraction of sp³-hybridized carbons (Fsp3) is 0.600. The Morgan fingerprint density at radius 2 is 1.20 bits per heavy atom. The number of primary amides is 2. The van der Waals surface area contributed by atoms with Crippen LogP contribution in [-0.4, -0.2) is 266 Å². The standard InChI is InChI=1S/C70H104N16O27/c1-10-32(3)18-14-12-13-15-21-46(88)77-42(26-37-29-73-39-20-17-16-19-38(37)39)64(104)79-41(23-25-50(93)94)62(102)84-54(56(97)58(72)98)67(107)83-53-36(7)113-70(111)52(33(4)11-2)82-61(101)40(22-24-49(91)92)80-65(105)43(27-45(71)87)78-47(89)30-74-66(106)55(57(112-9)69(109)110)85-60(100)35(6)76-63(103)44(28-51(95)96)81-59(99)34(5)75-48(90)31-86(8)68(53)108/h16-17,19-20,29,32-36,40-44,52-57,73,97H,10-15,18,21-28,30-31H2,1-9H3,(H2,71,87)(H2,72,98)(H,74,106)(H,75,90)(H,76,103)(H,77,88)(H,78,89)(H,79,104)(H,80,105)(H,81,99)(H,82,101)(H,83,107)(H,84,102)(H,85,100)(H,91,92)(H,93,94)(H,95,96)(H,109,110). The smallest absolute Gasteiger partial charge is 0.335 e. The number of amides is 15. The van der Waals surface area contributed by atoms with Gasteiger partial charge < -0.3 is 120 Å². The third kappa shape index (κ3) is 31.8. The number of aliphatic hydroxyl groups is 1. The molecule has 1 aliphatic heterocycles. The van der Waals surface area contributed by atoms with Crippen LogP contribution in [0, 0.1) is 11.8 Å². The van der Waals surface area contributed by atoms with Crippen molar-refractivity contribution in [1.29, 1.82) is 0 Å². The molecule has 43 nitrogen and oxygen atoms in total. The number of hydrogen-bond donors (Lipinski definition) is 20. The second-order valence-corrected chi connectivity index (χ2v) is 27.3. The molecule has 43 heteroatoms. The van der Waals surface area contributed by atoms with Gasteiger partial charge in [0, 0.05) is 56.9 Å². The van der Waals surface area contributed by atoms with Crippen molar-refractivity contribution in [2.45, 2.75) is 230 Å². The van der Waals surface area contributed by atoms with Crippen molar-refractivity contribution in [2.75, 3.05) is 27.2 Å². The Bertz CT molecular complexity index is 3800. The van der Waals surface area contributed by atoms with E-state index in [1.54, 1.807) is 30.5 Å². The minimum Gasteiger partial charge on any atom is -0.481 e. The fourth-order valence-electron chi connectivity index (χ4n) is 11.3. The van der Waals surface area contributed by atoms with Crippen LogP contribution in [0.5, 0.6) is 0 Å². The molecule has 1 fully saturated rings. The largest absolute Gasteiger partial charge is 0.481 e. The van der Waals surface area contributed by atoms with E-state index in [1.807, 2.05) is 21.3 Å². The number of carboxylic acids is 4. The van der Waals surface area contributed by atoms with Gasteiger partial charge in [0.15, 0.2) is 12.2 Å². The quantitative estimate of drug-likeness (QED) is 0.0229. The predicted molar refractivity (Wildman–Crippen MR) is 391 cm³/mol. The SMILES string of the molecule is CCC(C)CCCCCCC(=O)NC(Cc1c[nH]c2ccccc12)C(=O)NC(CCC(=O)O)C(=O)NC(C(=O)NC1C(=O)N(C)CC(=O)NC(C)C(=O)NC(CC(=O)O)C(=O)NC(C)C(=O)NC(C(OC)C(=O)O)C(=O)NCC(=O)NC(CC(N)=O)C(=O)NC(CCC(=O)O)C(=O)NC(C(C)CC)C(=O)OC1C)C(O)C(N)=O. The van der Waals surface area contributed by atoms with Crippen LogP contribution < -0.4 is 75.3 Å². The molecule has 2 aromatic rings. The number of carboxylic acid groups (broad SMARTS) is 4. The van der Waals surface area contributed by atoms with Gasteiger partial charge in [-0.05, 0) is 63.5 Å².